The molecule has 1 heterocycles. The molecular formula is C19H23N3S. The molecule has 1 aliphatic heterocycles. The first kappa shape index (κ1) is 16.0. The molecule has 2 aromatic carbocycles. The van der Waals surface area contributed by atoms with Gasteiger partial charge in [-0.05, 0) is 23.3 Å². The third-order valence-corrected chi connectivity index (χ3v) is 4.41. The van der Waals surface area contributed by atoms with Crippen molar-refractivity contribution in [2.45, 2.75) is 13.0 Å². The molecule has 120 valence electrons. The Morgan fingerprint density at radius 1 is 0.913 bits per heavy atom. The summed E-state index contributed by atoms with van der Waals surface area (Å²) in [7, 11) is 0. The highest BCUT2D eigenvalue weighted by Gasteiger charge is 2.17. The molecule has 0 spiro atoms. The number of piperazine rings is 1. The van der Waals surface area contributed by atoms with E-state index in [0.717, 1.165) is 32.7 Å². The van der Waals surface area contributed by atoms with Crippen molar-refractivity contribution >= 4 is 22.9 Å². The van der Waals surface area contributed by atoms with Gasteiger partial charge in [0, 0.05) is 44.8 Å². The highest BCUT2D eigenvalue weighted by Crippen LogP contribution is 2.17. The molecule has 2 aromatic rings. The van der Waals surface area contributed by atoms with Gasteiger partial charge in [-0.2, -0.15) is 0 Å². The van der Waals surface area contributed by atoms with Gasteiger partial charge in [0.2, 0.25) is 0 Å². The van der Waals surface area contributed by atoms with Crippen molar-refractivity contribution in [2.75, 3.05) is 31.1 Å². The van der Waals surface area contributed by atoms with Gasteiger partial charge in [0.15, 0.2) is 0 Å². The Morgan fingerprint density at radius 3 is 2.30 bits per heavy atom. The molecule has 0 atom stereocenters. The number of anilines is 1. The maximum atomic E-state index is 5.64. The molecule has 0 saturated carbocycles. The molecule has 1 fully saturated rings. The highest BCUT2D eigenvalue weighted by atomic mass is 32.1. The highest BCUT2D eigenvalue weighted by molar-refractivity contribution is 7.80. The van der Waals surface area contributed by atoms with Crippen molar-refractivity contribution in [3.8, 4) is 0 Å². The third-order valence-electron chi connectivity index (χ3n) is 4.27. The fourth-order valence-electron chi connectivity index (χ4n) is 3.10. The van der Waals surface area contributed by atoms with Gasteiger partial charge in [-0.15, -0.1) is 0 Å². The third kappa shape index (κ3) is 4.53. The zero-order valence-corrected chi connectivity index (χ0v) is 14.1. The molecule has 0 aromatic heterocycles. The van der Waals surface area contributed by atoms with Crippen LogP contribution in [0.4, 0.5) is 5.69 Å². The van der Waals surface area contributed by atoms with Crippen molar-refractivity contribution in [3.05, 3.63) is 65.7 Å². The number of hydrogen-bond acceptors (Lipinski definition) is 3. The minimum absolute atomic E-state index is 0.554. The van der Waals surface area contributed by atoms with Crippen molar-refractivity contribution in [3.63, 3.8) is 0 Å². The number of benzene rings is 2. The van der Waals surface area contributed by atoms with E-state index in [9.17, 15) is 0 Å². The summed E-state index contributed by atoms with van der Waals surface area (Å²) in [5.41, 5.74) is 9.52. The van der Waals surface area contributed by atoms with Gasteiger partial charge >= 0.3 is 0 Å². The van der Waals surface area contributed by atoms with Crippen LogP contribution in [0.3, 0.4) is 0 Å². The van der Waals surface area contributed by atoms with Gasteiger partial charge in [0.25, 0.3) is 0 Å². The Kier molecular flexibility index (Phi) is 5.26. The zero-order chi connectivity index (χ0) is 16.1. The summed E-state index contributed by atoms with van der Waals surface area (Å²) in [6.45, 7) is 5.34. The number of nitrogens with zero attached hydrogens (tertiary/aromatic N) is 2. The van der Waals surface area contributed by atoms with Gasteiger partial charge in [-0.1, -0.05) is 54.7 Å². The van der Waals surface area contributed by atoms with Crippen LogP contribution in [-0.4, -0.2) is 36.1 Å². The lowest BCUT2D eigenvalue weighted by Crippen LogP contribution is -2.45. The molecule has 0 radical (unpaired) electrons. The smallest absolute Gasteiger partial charge is 0.0771 e. The van der Waals surface area contributed by atoms with Crippen molar-refractivity contribution in [1.29, 1.82) is 0 Å². The van der Waals surface area contributed by atoms with E-state index in [0.29, 0.717) is 11.4 Å². The van der Waals surface area contributed by atoms with Crippen molar-refractivity contribution in [2.24, 2.45) is 5.73 Å². The topological polar surface area (TPSA) is 32.5 Å². The van der Waals surface area contributed by atoms with Gasteiger partial charge in [-0.3, -0.25) is 4.90 Å². The maximum Gasteiger partial charge on any atom is 0.0771 e. The Morgan fingerprint density at radius 2 is 1.61 bits per heavy atom. The predicted octanol–water partition coefficient (Wildman–Crippen LogP) is 2.84. The average Bonchev–Trinajstić information content (AvgIpc) is 2.56. The largest absolute Gasteiger partial charge is 0.393 e. The van der Waals surface area contributed by atoms with E-state index in [1.807, 2.05) is 0 Å². The predicted molar refractivity (Wildman–Crippen MR) is 101 cm³/mol. The summed E-state index contributed by atoms with van der Waals surface area (Å²) < 4.78 is 0. The summed E-state index contributed by atoms with van der Waals surface area (Å²) >= 11 is 5.00. The standard InChI is InChI=1S/C19H23N3S/c20-19(23)14-16-5-4-6-17(13-16)15-21-9-11-22(12-10-21)18-7-2-1-3-8-18/h1-8,13H,9-12,14-15H2,(H2,20,23). The monoisotopic (exact) mass is 325 g/mol. The van der Waals surface area contributed by atoms with E-state index in [-0.39, 0.29) is 0 Å². The summed E-state index contributed by atoms with van der Waals surface area (Å²) in [4.78, 5) is 5.53. The average molecular weight is 325 g/mol. The van der Waals surface area contributed by atoms with E-state index < -0.39 is 0 Å². The van der Waals surface area contributed by atoms with Crippen LogP contribution >= 0.6 is 12.2 Å². The van der Waals surface area contributed by atoms with Crippen molar-refractivity contribution in [1.82, 2.24) is 4.90 Å². The minimum Gasteiger partial charge on any atom is -0.393 e. The molecule has 2 N–H and O–H groups in total. The van der Waals surface area contributed by atoms with Crippen LogP contribution in [0, 0.1) is 0 Å². The van der Waals surface area contributed by atoms with Crippen LogP contribution in [0.1, 0.15) is 11.1 Å². The number of para-hydroxylation sites is 1. The molecule has 3 nitrogen and oxygen atoms in total. The van der Waals surface area contributed by atoms with Gasteiger partial charge in [0.05, 0.1) is 4.99 Å². The van der Waals surface area contributed by atoms with Gasteiger partial charge in [0.1, 0.15) is 0 Å². The fraction of sp³-hybridized carbons (Fsp3) is 0.316. The first-order valence-corrected chi connectivity index (χ1v) is 8.50. The van der Waals surface area contributed by atoms with E-state index >= 15 is 0 Å². The molecular weight excluding hydrogens is 302 g/mol. The lowest BCUT2D eigenvalue weighted by atomic mass is 10.1. The molecule has 0 amide bonds. The van der Waals surface area contributed by atoms with Crippen LogP contribution < -0.4 is 10.6 Å². The van der Waals surface area contributed by atoms with Crippen LogP contribution in [0.2, 0.25) is 0 Å². The second kappa shape index (κ2) is 7.57. The lowest BCUT2D eigenvalue weighted by Gasteiger charge is -2.36. The molecule has 0 unspecified atom stereocenters. The second-order valence-corrected chi connectivity index (χ2v) is 6.59. The molecule has 1 aliphatic rings. The molecule has 0 bridgehead atoms. The SMILES string of the molecule is NC(=S)Cc1cccc(CN2CCN(c3ccccc3)CC2)c1. The van der Waals surface area contributed by atoms with Gasteiger partial charge in [-0.25, -0.2) is 0 Å². The maximum absolute atomic E-state index is 5.64. The zero-order valence-electron chi connectivity index (χ0n) is 13.3. The summed E-state index contributed by atoms with van der Waals surface area (Å²) in [6.07, 6.45) is 0.685. The van der Waals surface area contributed by atoms with Crippen LogP contribution in [0.25, 0.3) is 0 Å². The first-order valence-electron chi connectivity index (χ1n) is 8.09. The van der Waals surface area contributed by atoms with E-state index in [2.05, 4.69) is 64.4 Å². The van der Waals surface area contributed by atoms with Crippen LogP contribution in [0.15, 0.2) is 54.6 Å². The summed E-state index contributed by atoms with van der Waals surface area (Å²) in [6, 6.07) is 19.3. The number of thiocarbonyl (C=S) groups is 1. The van der Waals surface area contributed by atoms with Crippen molar-refractivity contribution < 1.29 is 0 Å². The molecule has 0 aliphatic carbocycles. The first-order chi connectivity index (χ1) is 11.2. The normalized spacial score (nSPS) is 15.6. The lowest BCUT2D eigenvalue weighted by molar-refractivity contribution is 0.250. The Labute approximate surface area is 143 Å². The molecule has 1 saturated heterocycles. The van der Waals surface area contributed by atoms with E-state index in [4.69, 9.17) is 18.0 Å². The molecule has 4 heteroatoms. The number of rotatable bonds is 5. The van der Waals surface area contributed by atoms with Gasteiger partial charge < -0.3 is 10.6 Å². The fourth-order valence-corrected chi connectivity index (χ4v) is 3.27. The quantitative estimate of drug-likeness (QED) is 0.857. The summed E-state index contributed by atoms with van der Waals surface area (Å²) in [5.74, 6) is 0. The molecule has 23 heavy (non-hydrogen) atoms. The summed E-state index contributed by atoms with van der Waals surface area (Å²) in [5, 5.41) is 0. The molecule has 3 rings (SSSR count). The van der Waals surface area contributed by atoms with E-state index in [1.54, 1.807) is 0 Å². The number of hydrogen-bond donors (Lipinski definition) is 1. The second-order valence-electron chi connectivity index (χ2n) is 6.06. The Balaban J connectivity index is 1.55. The Bertz CT molecular complexity index is 649. The van der Waals surface area contributed by atoms with Crippen LogP contribution in [0.5, 0.6) is 0 Å². The van der Waals surface area contributed by atoms with E-state index in [1.165, 1.54) is 16.8 Å². The minimum atomic E-state index is 0.554. The Hall–Kier alpha value is -1.91. The van der Waals surface area contributed by atoms with Crippen LogP contribution in [-0.2, 0) is 13.0 Å². The number of nitrogens with two attached hydrogens (primary N) is 1.